The van der Waals surface area contributed by atoms with Crippen molar-refractivity contribution in [3.63, 3.8) is 0 Å². The van der Waals surface area contributed by atoms with Gasteiger partial charge in [0.2, 0.25) is 0 Å². The van der Waals surface area contributed by atoms with Gasteiger partial charge in [-0.25, -0.2) is 0 Å². The van der Waals surface area contributed by atoms with Gasteiger partial charge >= 0.3 is 0 Å². The number of nitrogens with one attached hydrogen (secondary N) is 1. The summed E-state index contributed by atoms with van der Waals surface area (Å²) in [5, 5.41) is 8.19. The normalized spacial score (nSPS) is 12.6. The summed E-state index contributed by atoms with van der Waals surface area (Å²) in [5.74, 6) is 0. The van der Waals surface area contributed by atoms with Gasteiger partial charge in [0.15, 0.2) is 0 Å². The molecule has 0 amide bonds. The molecule has 2 aromatic rings. The summed E-state index contributed by atoms with van der Waals surface area (Å²) in [4.78, 5) is 4.21. The molecule has 4 heteroatoms. The zero-order chi connectivity index (χ0) is 14.4. The number of aryl methyl sites for hydroxylation is 2. The maximum absolute atomic E-state index is 4.56. The second-order valence-corrected chi connectivity index (χ2v) is 5.10. The number of pyridine rings is 1. The summed E-state index contributed by atoms with van der Waals surface area (Å²) in [6.07, 6.45) is 5.83. The molecule has 1 N–H and O–H groups in total. The van der Waals surface area contributed by atoms with E-state index >= 15 is 0 Å². The first-order valence-corrected chi connectivity index (χ1v) is 7.41. The first kappa shape index (κ1) is 14.7. The van der Waals surface area contributed by atoms with Crippen molar-refractivity contribution in [2.75, 3.05) is 6.54 Å². The molecule has 2 heterocycles. The summed E-state index contributed by atoms with van der Waals surface area (Å²) in [6.45, 7) is 8.30. The average Bonchev–Trinajstić information content (AvgIpc) is 2.85. The molecule has 0 bridgehead atoms. The molecule has 4 nitrogen and oxygen atoms in total. The Bertz CT molecular complexity index is 519. The Labute approximate surface area is 121 Å². The second-order valence-electron chi connectivity index (χ2n) is 5.10. The van der Waals surface area contributed by atoms with Crippen molar-refractivity contribution in [1.82, 2.24) is 20.1 Å². The van der Waals surface area contributed by atoms with Crippen molar-refractivity contribution in [2.24, 2.45) is 0 Å². The topological polar surface area (TPSA) is 42.7 Å². The fourth-order valence-corrected chi connectivity index (χ4v) is 2.45. The van der Waals surface area contributed by atoms with Gasteiger partial charge in [-0.3, -0.25) is 9.67 Å². The van der Waals surface area contributed by atoms with Gasteiger partial charge in [-0.05, 0) is 50.9 Å². The molecule has 1 unspecified atom stereocenters. The first-order chi connectivity index (χ1) is 9.74. The molecular weight excluding hydrogens is 248 g/mol. The van der Waals surface area contributed by atoms with Crippen molar-refractivity contribution in [3.8, 4) is 0 Å². The van der Waals surface area contributed by atoms with Gasteiger partial charge in [0.1, 0.15) is 0 Å². The molecule has 0 aliphatic carbocycles. The highest BCUT2D eigenvalue weighted by atomic mass is 15.3. The summed E-state index contributed by atoms with van der Waals surface area (Å²) in [7, 11) is 0. The summed E-state index contributed by atoms with van der Waals surface area (Å²) in [5.41, 5.74) is 3.60. The number of hydrogen-bond donors (Lipinski definition) is 1. The lowest BCUT2D eigenvalue weighted by molar-refractivity contribution is 0.478. The van der Waals surface area contributed by atoms with Crippen LogP contribution in [0, 0.1) is 6.92 Å². The summed E-state index contributed by atoms with van der Waals surface area (Å²) in [6, 6.07) is 6.61. The molecule has 2 aromatic heterocycles. The number of rotatable bonds is 7. The minimum absolute atomic E-state index is 0.292. The standard InChI is InChI=1S/C16H24N4/c1-4-8-18-15(11-14-7-6-9-17-12-14)16-10-13(3)19-20(16)5-2/h6-7,9-10,12,15,18H,4-5,8,11H2,1-3H3. The van der Waals surface area contributed by atoms with Crippen LogP contribution in [0.25, 0.3) is 0 Å². The van der Waals surface area contributed by atoms with Crippen LogP contribution in [0.2, 0.25) is 0 Å². The Morgan fingerprint density at radius 1 is 1.35 bits per heavy atom. The molecule has 0 spiro atoms. The SMILES string of the molecule is CCCNC(Cc1cccnc1)c1cc(C)nn1CC. The van der Waals surface area contributed by atoms with Crippen molar-refractivity contribution >= 4 is 0 Å². The van der Waals surface area contributed by atoms with Gasteiger partial charge in [0.25, 0.3) is 0 Å². The van der Waals surface area contributed by atoms with E-state index in [9.17, 15) is 0 Å². The molecule has 0 saturated heterocycles. The highest BCUT2D eigenvalue weighted by Gasteiger charge is 2.17. The molecule has 0 aromatic carbocycles. The van der Waals surface area contributed by atoms with E-state index in [0.29, 0.717) is 6.04 Å². The number of hydrogen-bond acceptors (Lipinski definition) is 3. The maximum atomic E-state index is 4.56. The average molecular weight is 272 g/mol. The molecule has 0 aliphatic heterocycles. The Morgan fingerprint density at radius 2 is 2.20 bits per heavy atom. The Balaban J connectivity index is 2.22. The van der Waals surface area contributed by atoms with Crippen molar-refractivity contribution < 1.29 is 0 Å². The van der Waals surface area contributed by atoms with Crippen LogP contribution in [0.5, 0.6) is 0 Å². The van der Waals surface area contributed by atoms with Crippen LogP contribution >= 0.6 is 0 Å². The van der Waals surface area contributed by atoms with E-state index in [1.165, 1.54) is 11.3 Å². The molecule has 0 radical (unpaired) electrons. The molecule has 1 atom stereocenters. The highest BCUT2D eigenvalue weighted by Crippen LogP contribution is 2.19. The summed E-state index contributed by atoms with van der Waals surface area (Å²) < 4.78 is 2.10. The number of aromatic nitrogens is 3. The van der Waals surface area contributed by atoms with E-state index in [1.807, 2.05) is 18.5 Å². The Hall–Kier alpha value is -1.68. The van der Waals surface area contributed by atoms with Gasteiger partial charge in [-0.15, -0.1) is 0 Å². The zero-order valence-electron chi connectivity index (χ0n) is 12.6. The monoisotopic (exact) mass is 272 g/mol. The zero-order valence-corrected chi connectivity index (χ0v) is 12.6. The van der Waals surface area contributed by atoms with Crippen molar-refractivity contribution in [1.29, 1.82) is 0 Å². The third kappa shape index (κ3) is 3.67. The van der Waals surface area contributed by atoms with Gasteiger partial charge in [-0.2, -0.15) is 5.10 Å². The smallest absolute Gasteiger partial charge is 0.0597 e. The lowest BCUT2D eigenvalue weighted by atomic mass is 10.0. The largest absolute Gasteiger partial charge is 0.308 e. The van der Waals surface area contributed by atoms with Crippen molar-refractivity contribution in [3.05, 3.63) is 47.5 Å². The van der Waals surface area contributed by atoms with E-state index in [0.717, 1.165) is 31.6 Å². The van der Waals surface area contributed by atoms with E-state index in [4.69, 9.17) is 0 Å². The van der Waals surface area contributed by atoms with Gasteiger partial charge in [0.05, 0.1) is 17.4 Å². The number of nitrogens with zero attached hydrogens (tertiary/aromatic N) is 3. The second kappa shape index (κ2) is 7.20. The lowest BCUT2D eigenvalue weighted by Crippen LogP contribution is -2.26. The predicted molar refractivity (Wildman–Crippen MR) is 81.6 cm³/mol. The molecule has 0 aliphatic rings. The van der Waals surface area contributed by atoms with Crippen LogP contribution in [-0.2, 0) is 13.0 Å². The maximum Gasteiger partial charge on any atom is 0.0597 e. The molecule has 20 heavy (non-hydrogen) atoms. The fraction of sp³-hybridized carbons (Fsp3) is 0.500. The van der Waals surface area contributed by atoms with E-state index in [1.54, 1.807) is 0 Å². The van der Waals surface area contributed by atoms with Crippen LogP contribution in [0.4, 0.5) is 0 Å². The molecular formula is C16H24N4. The third-order valence-corrected chi connectivity index (χ3v) is 3.39. The van der Waals surface area contributed by atoms with Gasteiger partial charge in [0, 0.05) is 18.9 Å². The van der Waals surface area contributed by atoms with E-state index in [2.05, 4.69) is 53.0 Å². The quantitative estimate of drug-likeness (QED) is 0.842. The van der Waals surface area contributed by atoms with E-state index in [-0.39, 0.29) is 0 Å². The van der Waals surface area contributed by atoms with Crippen LogP contribution < -0.4 is 5.32 Å². The third-order valence-electron chi connectivity index (χ3n) is 3.39. The highest BCUT2D eigenvalue weighted by molar-refractivity contribution is 5.18. The van der Waals surface area contributed by atoms with Crippen LogP contribution in [0.3, 0.4) is 0 Å². The van der Waals surface area contributed by atoms with Crippen LogP contribution in [0.1, 0.15) is 43.3 Å². The molecule has 0 fully saturated rings. The summed E-state index contributed by atoms with van der Waals surface area (Å²) >= 11 is 0. The van der Waals surface area contributed by atoms with Gasteiger partial charge < -0.3 is 5.32 Å². The van der Waals surface area contributed by atoms with E-state index < -0.39 is 0 Å². The lowest BCUT2D eigenvalue weighted by Gasteiger charge is -2.19. The predicted octanol–water partition coefficient (Wildman–Crippen LogP) is 2.89. The Morgan fingerprint density at radius 3 is 2.85 bits per heavy atom. The minimum Gasteiger partial charge on any atom is -0.308 e. The van der Waals surface area contributed by atoms with Crippen molar-refractivity contribution in [2.45, 2.75) is 46.2 Å². The molecule has 0 saturated carbocycles. The van der Waals surface area contributed by atoms with Gasteiger partial charge in [-0.1, -0.05) is 13.0 Å². The molecule has 2 rings (SSSR count). The molecule has 108 valence electrons. The Kier molecular flexibility index (Phi) is 5.30. The minimum atomic E-state index is 0.292. The first-order valence-electron chi connectivity index (χ1n) is 7.41. The van der Waals surface area contributed by atoms with Crippen LogP contribution in [0.15, 0.2) is 30.6 Å². The van der Waals surface area contributed by atoms with Crippen LogP contribution in [-0.4, -0.2) is 21.3 Å². The fourth-order valence-electron chi connectivity index (χ4n) is 2.45.